The predicted octanol–water partition coefficient (Wildman–Crippen LogP) is 5.20. The van der Waals surface area contributed by atoms with Gasteiger partial charge in [0, 0.05) is 36.9 Å². The van der Waals surface area contributed by atoms with Gasteiger partial charge in [0.05, 0.1) is 11.3 Å². The van der Waals surface area contributed by atoms with Gasteiger partial charge in [-0.25, -0.2) is 4.90 Å². The SMILES string of the molecule is CCN(CC)c1ccc(N2C(=O)C(c3ccc(Cl)cc3)=C(N3CCCC(C)C3)C2=O)cc1. The molecule has 2 aliphatic rings. The highest BCUT2D eigenvalue weighted by atomic mass is 35.5. The molecule has 168 valence electrons. The molecule has 2 aromatic rings. The Kier molecular flexibility index (Phi) is 6.56. The minimum absolute atomic E-state index is 0.246. The number of hydrogen-bond acceptors (Lipinski definition) is 4. The smallest absolute Gasteiger partial charge is 0.282 e. The van der Waals surface area contributed by atoms with Crippen LogP contribution in [-0.4, -0.2) is 42.9 Å². The Morgan fingerprint density at radius 1 is 0.969 bits per heavy atom. The average Bonchev–Trinajstić information content (AvgIpc) is 3.06. The van der Waals surface area contributed by atoms with Gasteiger partial charge in [0.2, 0.25) is 0 Å². The van der Waals surface area contributed by atoms with Crippen molar-refractivity contribution in [2.45, 2.75) is 33.6 Å². The standard InChI is InChI=1S/C26H30ClN3O2/c1-4-28(5-2)21-12-14-22(15-13-21)30-25(31)23(19-8-10-20(27)11-9-19)24(26(30)32)29-16-6-7-18(3)17-29/h8-15,18H,4-7,16-17H2,1-3H3. The number of hydrogen-bond donors (Lipinski definition) is 0. The lowest BCUT2D eigenvalue weighted by Gasteiger charge is -2.33. The predicted molar refractivity (Wildman–Crippen MR) is 131 cm³/mol. The van der Waals surface area contributed by atoms with Gasteiger partial charge in [-0.05, 0) is 74.6 Å². The first-order chi connectivity index (χ1) is 15.4. The lowest BCUT2D eigenvalue weighted by atomic mass is 9.98. The number of nitrogens with zero attached hydrogens (tertiary/aromatic N) is 3. The third-order valence-corrected chi connectivity index (χ3v) is 6.65. The minimum atomic E-state index is -0.277. The molecule has 1 unspecified atom stereocenters. The van der Waals surface area contributed by atoms with Crippen LogP contribution in [0.1, 0.15) is 39.2 Å². The molecule has 2 aromatic carbocycles. The number of likely N-dealkylation sites (tertiary alicyclic amines) is 1. The molecular formula is C26H30ClN3O2. The summed E-state index contributed by atoms with van der Waals surface area (Å²) < 4.78 is 0. The third kappa shape index (κ3) is 4.14. The van der Waals surface area contributed by atoms with Gasteiger partial charge < -0.3 is 9.80 Å². The maximum atomic E-state index is 13.7. The molecule has 2 amide bonds. The summed E-state index contributed by atoms with van der Waals surface area (Å²) in [6, 6.07) is 14.9. The third-order valence-electron chi connectivity index (χ3n) is 6.40. The molecule has 2 aliphatic heterocycles. The van der Waals surface area contributed by atoms with Crippen molar-refractivity contribution in [2.75, 3.05) is 36.0 Å². The largest absolute Gasteiger partial charge is 0.372 e. The summed E-state index contributed by atoms with van der Waals surface area (Å²) in [5, 5.41) is 0.600. The second-order valence-electron chi connectivity index (χ2n) is 8.56. The van der Waals surface area contributed by atoms with E-state index >= 15 is 0 Å². The summed E-state index contributed by atoms with van der Waals surface area (Å²) in [5.41, 5.74) is 3.38. The van der Waals surface area contributed by atoms with Gasteiger partial charge in [-0.15, -0.1) is 0 Å². The van der Waals surface area contributed by atoms with Crippen molar-refractivity contribution in [3.63, 3.8) is 0 Å². The van der Waals surface area contributed by atoms with E-state index in [1.807, 2.05) is 36.4 Å². The molecule has 0 aliphatic carbocycles. The van der Waals surface area contributed by atoms with Gasteiger partial charge >= 0.3 is 0 Å². The van der Waals surface area contributed by atoms with Crippen LogP contribution in [0, 0.1) is 5.92 Å². The normalized spacial score (nSPS) is 19.2. The fourth-order valence-electron chi connectivity index (χ4n) is 4.72. The van der Waals surface area contributed by atoms with Crippen LogP contribution < -0.4 is 9.80 Å². The first-order valence-electron chi connectivity index (χ1n) is 11.4. The first-order valence-corrected chi connectivity index (χ1v) is 11.8. The number of anilines is 2. The van der Waals surface area contributed by atoms with Gasteiger partial charge in [0.1, 0.15) is 5.70 Å². The van der Waals surface area contributed by atoms with Crippen LogP contribution in [0.25, 0.3) is 5.57 Å². The summed E-state index contributed by atoms with van der Waals surface area (Å²) in [4.78, 5) is 33.0. The van der Waals surface area contributed by atoms with Crippen LogP contribution in [0.2, 0.25) is 5.02 Å². The Labute approximate surface area is 195 Å². The zero-order valence-corrected chi connectivity index (χ0v) is 19.7. The van der Waals surface area contributed by atoms with E-state index in [-0.39, 0.29) is 11.8 Å². The molecule has 0 N–H and O–H groups in total. The molecule has 6 heteroatoms. The van der Waals surface area contributed by atoms with E-state index in [9.17, 15) is 9.59 Å². The Bertz CT molecular complexity index is 1030. The minimum Gasteiger partial charge on any atom is -0.372 e. The molecule has 2 heterocycles. The van der Waals surface area contributed by atoms with Gasteiger partial charge in [0.25, 0.3) is 11.8 Å². The Hall–Kier alpha value is -2.79. The molecule has 0 spiro atoms. The van der Waals surface area contributed by atoms with Gasteiger partial charge in [0.15, 0.2) is 0 Å². The summed E-state index contributed by atoms with van der Waals surface area (Å²) in [7, 11) is 0. The second-order valence-corrected chi connectivity index (χ2v) is 8.99. The van der Waals surface area contributed by atoms with Crippen LogP contribution in [-0.2, 0) is 9.59 Å². The van der Waals surface area contributed by atoms with E-state index in [0.717, 1.165) is 50.3 Å². The first kappa shape index (κ1) is 22.4. The number of imide groups is 1. The number of carbonyl (C=O) groups excluding carboxylic acids is 2. The highest BCUT2D eigenvalue weighted by Gasteiger charge is 2.43. The van der Waals surface area contributed by atoms with Crippen molar-refractivity contribution < 1.29 is 9.59 Å². The molecule has 0 radical (unpaired) electrons. The molecule has 5 nitrogen and oxygen atoms in total. The Morgan fingerprint density at radius 2 is 1.62 bits per heavy atom. The van der Waals surface area contributed by atoms with Crippen LogP contribution in [0.15, 0.2) is 54.2 Å². The zero-order valence-electron chi connectivity index (χ0n) is 19.0. The molecule has 0 saturated carbocycles. The monoisotopic (exact) mass is 451 g/mol. The number of halogens is 1. The number of rotatable bonds is 6. The topological polar surface area (TPSA) is 43.9 Å². The molecule has 0 bridgehead atoms. The van der Waals surface area contributed by atoms with Crippen LogP contribution in [0.5, 0.6) is 0 Å². The van der Waals surface area contributed by atoms with Gasteiger partial charge in [-0.3, -0.25) is 9.59 Å². The van der Waals surface area contributed by atoms with E-state index in [4.69, 9.17) is 11.6 Å². The molecular weight excluding hydrogens is 422 g/mol. The van der Waals surface area contributed by atoms with Crippen molar-refractivity contribution >= 4 is 40.4 Å². The second kappa shape index (κ2) is 9.37. The van der Waals surface area contributed by atoms with Crippen molar-refractivity contribution in [3.8, 4) is 0 Å². The van der Waals surface area contributed by atoms with Crippen LogP contribution >= 0.6 is 11.6 Å². The highest BCUT2D eigenvalue weighted by molar-refractivity contribution is 6.45. The maximum Gasteiger partial charge on any atom is 0.282 e. The molecule has 1 fully saturated rings. The summed E-state index contributed by atoms with van der Waals surface area (Å²) in [6.07, 6.45) is 2.15. The number of piperidine rings is 1. The van der Waals surface area contributed by atoms with Crippen molar-refractivity contribution in [1.29, 1.82) is 0 Å². The van der Waals surface area contributed by atoms with E-state index < -0.39 is 0 Å². The number of benzene rings is 2. The maximum absolute atomic E-state index is 13.7. The zero-order chi connectivity index (χ0) is 22.8. The Balaban J connectivity index is 1.74. The molecule has 0 aromatic heterocycles. The van der Waals surface area contributed by atoms with Crippen molar-refractivity contribution in [1.82, 2.24) is 4.90 Å². The lowest BCUT2D eigenvalue weighted by molar-refractivity contribution is -0.120. The van der Waals surface area contributed by atoms with E-state index in [2.05, 4.69) is 30.6 Å². The summed E-state index contributed by atoms with van der Waals surface area (Å²) >= 11 is 6.08. The van der Waals surface area contributed by atoms with E-state index in [0.29, 0.717) is 27.9 Å². The summed E-state index contributed by atoms with van der Waals surface area (Å²) in [5.74, 6) is -0.0428. The van der Waals surface area contributed by atoms with Crippen LogP contribution in [0.3, 0.4) is 0 Å². The lowest BCUT2D eigenvalue weighted by Crippen LogP contribution is -2.39. The van der Waals surface area contributed by atoms with Crippen molar-refractivity contribution in [2.24, 2.45) is 5.92 Å². The van der Waals surface area contributed by atoms with E-state index in [1.165, 1.54) is 4.90 Å². The molecule has 1 saturated heterocycles. The average molecular weight is 452 g/mol. The molecule has 1 atom stereocenters. The van der Waals surface area contributed by atoms with Gasteiger partial charge in [-0.1, -0.05) is 30.7 Å². The molecule has 4 rings (SSSR count). The number of carbonyl (C=O) groups is 2. The fourth-order valence-corrected chi connectivity index (χ4v) is 4.84. The Morgan fingerprint density at radius 3 is 2.22 bits per heavy atom. The number of amides is 2. The fraction of sp³-hybridized carbons (Fsp3) is 0.385. The van der Waals surface area contributed by atoms with Crippen molar-refractivity contribution in [3.05, 3.63) is 64.8 Å². The quantitative estimate of drug-likeness (QED) is 0.566. The summed E-state index contributed by atoms with van der Waals surface area (Å²) in [6.45, 7) is 9.77. The van der Waals surface area contributed by atoms with E-state index in [1.54, 1.807) is 12.1 Å². The highest BCUT2D eigenvalue weighted by Crippen LogP contribution is 2.37. The van der Waals surface area contributed by atoms with Gasteiger partial charge in [-0.2, -0.15) is 0 Å². The molecule has 32 heavy (non-hydrogen) atoms. The van der Waals surface area contributed by atoms with Crippen LogP contribution in [0.4, 0.5) is 11.4 Å².